The van der Waals surface area contributed by atoms with E-state index in [9.17, 15) is 14.7 Å². The number of hydrogen-bond donors (Lipinski definition) is 2. The topological polar surface area (TPSA) is 69.6 Å². The molecule has 1 aliphatic rings. The number of anilines is 1. The van der Waals surface area contributed by atoms with Crippen molar-refractivity contribution >= 4 is 17.5 Å². The molecule has 1 aromatic rings. The monoisotopic (exact) mass is 332 g/mol. The van der Waals surface area contributed by atoms with Crippen LogP contribution in [-0.2, 0) is 4.79 Å². The van der Waals surface area contributed by atoms with Gasteiger partial charge in [-0.15, -0.1) is 0 Å². The summed E-state index contributed by atoms with van der Waals surface area (Å²) in [6.07, 6.45) is 2.72. The van der Waals surface area contributed by atoms with Crippen molar-refractivity contribution in [3.05, 3.63) is 29.8 Å². The lowest BCUT2D eigenvalue weighted by atomic mass is 10.0. The summed E-state index contributed by atoms with van der Waals surface area (Å²) in [5.74, 6) is -0.127. The first-order chi connectivity index (χ1) is 11.4. The maximum absolute atomic E-state index is 12.6. The Morgan fingerprint density at radius 1 is 1.25 bits per heavy atom. The van der Waals surface area contributed by atoms with E-state index in [1.54, 1.807) is 24.3 Å². The van der Waals surface area contributed by atoms with Crippen molar-refractivity contribution in [3.8, 4) is 0 Å². The lowest BCUT2D eigenvalue weighted by Gasteiger charge is -2.33. The van der Waals surface area contributed by atoms with Crippen molar-refractivity contribution in [2.45, 2.75) is 58.6 Å². The summed E-state index contributed by atoms with van der Waals surface area (Å²) in [4.78, 5) is 26.4. The number of carbonyl (C=O) groups is 2. The van der Waals surface area contributed by atoms with Crippen LogP contribution < -0.4 is 5.32 Å². The predicted molar refractivity (Wildman–Crippen MR) is 94.9 cm³/mol. The van der Waals surface area contributed by atoms with Crippen LogP contribution in [0, 0.1) is 5.92 Å². The first kappa shape index (κ1) is 18.5. The minimum Gasteiger partial charge on any atom is -0.392 e. The number of nitrogens with one attached hydrogen (secondary N) is 1. The molecule has 0 saturated carbocycles. The van der Waals surface area contributed by atoms with Crippen LogP contribution in [0.2, 0.25) is 0 Å². The van der Waals surface area contributed by atoms with Gasteiger partial charge in [-0.2, -0.15) is 0 Å². The minimum absolute atomic E-state index is 0.0438. The Kier molecular flexibility index (Phi) is 6.37. The summed E-state index contributed by atoms with van der Waals surface area (Å²) in [7, 11) is 0. The van der Waals surface area contributed by atoms with E-state index in [1.807, 2.05) is 18.7 Å². The second-order valence-corrected chi connectivity index (χ2v) is 6.98. The standard InChI is InChI=1S/C19H28N2O3/c1-13(2)17(22)12-18(23)20-16-9-7-15(8-10-16)19(24)21-11-5-4-6-14(21)3/h7-10,13-14,17,22H,4-6,11-12H2,1-3H3,(H,20,23). The molecule has 2 unspecified atom stereocenters. The van der Waals surface area contributed by atoms with E-state index in [0.717, 1.165) is 19.4 Å². The second kappa shape index (κ2) is 8.29. The van der Waals surface area contributed by atoms with E-state index >= 15 is 0 Å². The first-order valence-electron chi connectivity index (χ1n) is 8.77. The molecular formula is C19H28N2O3. The van der Waals surface area contributed by atoms with Crippen LogP contribution in [-0.4, -0.2) is 40.5 Å². The lowest BCUT2D eigenvalue weighted by molar-refractivity contribution is -0.118. The number of rotatable bonds is 5. The molecule has 0 radical (unpaired) electrons. The highest BCUT2D eigenvalue weighted by atomic mass is 16.3. The van der Waals surface area contributed by atoms with Gasteiger partial charge >= 0.3 is 0 Å². The number of aliphatic hydroxyl groups is 1. The smallest absolute Gasteiger partial charge is 0.254 e. The minimum atomic E-state index is -0.647. The summed E-state index contributed by atoms with van der Waals surface area (Å²) in [5, 5.41) is 12.5. The molecule has 1 heterocycles. The molecule has 0 aromatic heterocycles. The van der Waals surface area contributed by atoms with Crippen molar-refractivity contribution in [2.75, 3.05) is 11.9 Å². The Morgan fingerprint density at radius 2 is 1.92 bits per heavy atom. The fraction of sp³-hybridized carbons (Fsp3) is 0.579. The van der Waals surface area contributed by atoms with Crippen LogP contribution in [0.15, 0.2) is 24.3 Å². The number of likely N-dealkylation sites (tertiary alicyclic amines) is 1. The SMILES string of the molecule is CC(C)C(O)CC(=O)Nc1ccc(C(=O)N2CCCCC2C)cc1. The molecule has 2 rings (SSSR count). The van der Waals surface area contributed by atoms with Gasteiger partial charge in [0.15, 0.2) is 0 Å². The lowest BCUT2D eigenvalue weighted by Crippen LogP contribution is -2.42. The van der Waals surface area contributed by atoms with Gasteiger partial charge in [-0.3, -0.25) is 9.59 Å². The fourth-order valence-corrected chi connectivity index (χ4v) is 2.90. The first-order valence-corrected chi connectivity index (χ1v) is 8.77. The maximum Gasteiger partial charge on any atom is 0.254 e. The molecule has 5 nitrogen and oxygen atoms in total. The maximum atomic E-state index is 12.6. The number of benzene rings is 1. The molecule has 2 atom stereocenters. The summed E-state index contributed by atoms with van der Waals surface area (Å²) < 4.78 is 0. The molecule has 1 fully saturated rings. The van der Waals surface area contributed by atoms with Crippen LogP contribution in [0.4, 0.5) is 5.69 Å². The quantitative estimate of drug-likeness (QED) is 0.871. The van der Waals surface area contributed by atoms with E-state index in [1.165, 1.54) is 6.42 Å². The highest BCUT2D eigenvalue weighted by Gasteiger charge is 2.24. The Bertz CT molecular complexity index is 568. The number of piperidine rings is 1. The Morgan fingerprint density at radius 3 is 2.50 bits per heavy atom. The van der Waals surface area contributed by atoms with Crippen molar-refractivity contribution < 1.29 is 14.7 Å². The highest BCUT2D eigenvalue weighted by Crippen LogP contribution is 2.20. The Labute approximate surface area is 144 Å². The average Bonchev–Trinajstić information content (AvgIpc) is 2.55. The average molecular weight is 332 g/mol. The van der Waals surface area contributed by atoms with Crippen LogP contribution in [0.5, 0.6) is 0 Å². The van der Waals surface area contributed by atoms with E-state index in [-0.39, 0.29) is 30.2 Å². The molecule has 2 N–H and O–H groups in total. The summed E-state index contributed by atoms with van der Waals surface area (Å²) in [6.45, 7) is 6.65. The molecule has 0 bridgehead atoms. The Balaban J connectivity index is 1.95. The van der Waals surface area contributed by atoms with Crippen LogP contribution in [0.3, 0.4) is 0 Å². The van der Waals surface area contributed by atoms with Crippen molar-refractivity contribution in [2.24, 2.45) is 5.92 Å². The van der Waals surface area contributed by atoms with E-state index in [2.05, 4.69) is 12.2 Å². The third kappa shape index (κ3) is 4.81. The molecule has 1 saturated heterocycles. The zero-order chi connectivity index (χ0) is 17.7. The number of carbonyl (C=O) groups excluding carboxylic acids is 2. The second-order valence-electron chi connectivity index (χ2n) is 6.98. The molecule has 1 aliphatic heterocycles. The molecule has 0 spiro atoms. The number of hydrogen-bond acceptors (Lipinski definition) is 3. The van der Waals surface area contributed by atoms with Gasteiger partial charge in [0.1, 0.15) is 0 Å². The third-order valence-corrected chi connectivity index (χ3v) is 4.64. The Hall–Kier alpha value is -1.88. The zero-order valence-corrected chi connectivity index (χ0v) is 14.8. The van der Waals surface area contributed by atoms with Crippen molar-refractivity contribution in [3.63, 3.8) is 0 Å². The van der Waals surface area contributed by atoms with Gasteiger partial charge in [0.25, 0.3) is 5.91 Å². The summed E-state index contributed by atoms with van der Waals surface area (Å²) in [6, 6.07) is 7.25. The number of nitrogens with zero attached hydrogens (tertiary/aromatic N) is 1. The predicted octanol–water partition coefficient (Wildman–Crippen LogP) is 3.05. The third-order valence-electron chi connectivity index (χ3n) is 4.64. The van der Waals surface area contributed by atoms with Crippen LogP contribution in [0.25, 0.3) is 0 Å². The van der Waals surface area contributed by atoms with Gasteiger partial charge in [-0.1, -0.05) is 13.8 Å². The normalized spacial score (nSPS) is 19.2. The van der Waals surface area contributed by atoms with Gasteiger partial charge in [-0.05, 0) is 56.4 Å². The molecule has 5 heteroatoms. The van der Waals surface area contributed by atoms with Crippen molar-refractivity contribution in [1.29, 1.82) is 0 Å². The van der Waals surface area contributed by atoms with Gasteiger partial charge in [0.2, 0.25) is 5.91 Å². The zero-order valence-electron chi connectivity index (χ0n) is 14.8. The van der Waals surface area contributed by atoms with E-state index < -0.39 is 6.10 Å². The molecule has 1 aromatic carbocycles. The summed E-state index contributed by atoms with van der Waals surface area (Å²) in [5.41, 5.74) is 1.28. The molecule has 24 heavy (non-hydrogen) atoms. The molecular weight excluding hydrogens is 304 g/mol. The highest BCUT2D eigenvalue weighted by molar-refractivity contribution is 5.96. The van der Waals surface area contributed by atoms with Gasteiger partial charge < -0.3 is 15.3 Å². The van der Waals surface area contributed by atoms with E-state index in [0.29, 0.717) is 11.3 Å². The van der Waals surface area contributed by atoms with E-state index in [4.69, 9.17) is 0 Å². The number of aliphatic hydroxyl groups excluding tert-OH is 1. The van der Waals surface area contributed by atoms with Gasteiger partial charge in [-0.25, -0.2) is 0 Å². The van der Waals surface area contributed by atoms with Gasteiger partial charge in [0.05, 0.1) is 12.5 Å². The summed E-state index contributed by atoms with van der Waals surface area (Å²) >= 11 is 0. The van der Waals surface area contributed by atoms with Crippen molar-refractivity contribution in [1.82, 2.24) is 4.90 Å². The molecule has 132 valence electrons. The van der Waals surface area contributed by atoms with Gasteiger partial charge in [0, 0.05) is 23.8 Å². The largest absolute Gasteiger partial charge is 0.392 e. The fourth-order valence-electron chi connectivity index (χ4n) is 2.90. The molecule has 0 aliphatic carbocycles. The van der Waals surface area contributed by atoms with Crippen LogP contribution in [0.1, 0.15) is 56.8 Å². The number of amides is 2. The van der Waals surface area contributed by atoms with Crippen LogP contribution >= 0.6 is 0 Å². The molecule has 2 amide bonds.